The first kappa shape index (κ1) is 14.1. The normalized spacial score (nSPS) is 10.6. The molecule has 0 saturated heterocycles. The first-order chi connectivity index (χ1) is 10.7. The van der Waals surface area contributed by atoms with Crippen LogP contribution in [0.2, 0.25) is 0 Å². The maximum absolute atomic E-state index is 13.3. The molecule has 0 saturated carbocycles. The second-order valence-electron chi connectivity index (χ2n) is 4.85. The molecule has 0 fully saturated rings. The molecule has 5 heteroatoms. The highest BCUT2D eigenvalue weighted by Gasteiger charge is 2.20. The van der Waals surface area contributed by atoms with E-state index in [0.717, 1.165) is 0 Å². The predicted molar refractivity (Wildman–Crippen MR) is 77.4 cm³/mol. The molecule has 0 aliphatic heterocycles. The average molecular weight is 299 g/mol. The molecular formula is C17H14FNO3. The molecule has 3 rings (SSSR count). The quantitative estimate of drug-likeness (QED) is 0.719. The molecule has 1 aromatic carbocycles. The lowest BCUT2D eigenvalue weighted by atomic mass is 10.2. The number of carbonyl (C=O) groups is 1. The third-order valence-corrected chi connectivity index (χ3v) is 3.21. The summed E-state index contributed by atoms with van der Waals surface area (Å²) in [6.07, 6.45) is 2.99. The lowest BCUT2D eigenvalue weighted by Crippen LogP contribution is -2.29. The Bertz CT molecular complexity index is 735. The highest BCUT2D eigenvalue weighted by atomic mass is 19.1. The smallest absolute Gasteiger partial charge is 0.290 e. The molecule has 0 aliphatic carbocycles. The number of halogens is 1. The maximum atomic E-state index is 13.3. The Morgan fingerprint density at radius 1 is 1.00 bits per heavy atom. The fourth-order valence-corrected chi connectivity index (χ4v) is 2.20. The van der Waals surface area contributed by atoms with Gasteiger partial charge in [0.05, 0.1) is 19.1 Å². The monoisotopic (exact) mass is 299 g/mol. The number of hydrogen-bond donors (Lipinski definition) is 0. The van der Waals surface area contributed by atoms with Gasteiger partial charge in [0, 0.05) is 6.54 Å². The van der Waals surface area contributed by atoms with Crippen LogP contribution in [0.1, 0.15) is 21.9 Å². The number of carbonyl (C=O) groups excluding carboxylic acids is 1. The Balaban J connectivity index is 1.83. The van der Waals surface area contributed by atoms with Crippen molar-refractivity contribution in [1.29, 1.82) is 0 Å². The van der Waals surface area contributed by atoms with Crippen molar-refractivity contribution in [3.05, 3.63) is 84.0 Å². The van der Waals surface area contributed by atoms with Crippen LogP contribution in [-0.2, 0) is 13.1 Å². The number of rotatable bonds is 5. The third-order valence-electron chi connectivity index (χ3n) is 3.21. The van der Waals surface area contributed by atoms with E-state index in [1.165, 1.54) is 18.4 Å². The van der Waals surface area contributed by atoms with Gasteiger partial charge in [-0.05, 0) is 42.0 Å². The molecular weight excluding hydrogens is 285 g/mol. The Morgan fingerprint density at radius 3 is 2.50 bits per heavy atom. The maximum Gasteiger partial charge on any atom is 0.290 e. The summed E-state index contributed by atoms with van der Waals surface area (Å²) >= 11 is 0. The molecule has 0 aliphatic rings. The van der Waals surface area contributed by atoms with Crippen LogP contribution in [0.15, 0.2) is 69.9 Å². The van der Waals surface area contributed by atoms with E-state index in [0.29, 0.717) is 11.3 Å². The van der Waals surface area contributed by atoms with Gasteiger partial charge in [-0.1, -0.05) is 12.1 Å². The van der Waals surface area contributed by atoms with Crippen molar-refractivity contribution in [1.82, 2.24) is 4.90 Å². The van der Waals surface area contributed by atoms with Crippen LogP contribution in [-0.4, -0.2) is 10.8 Å². The van der Waals surface area contributed by atoms with E-state index in [9.17, 15) is 9.18 Å². The zero-order chi connectivity index (χ0) is 15.4. The van der Waals surface area contributed by atoms with Gasteiger partial charge in [-0.2, -0.15) is 0 Å². The lowest BCUT2D eigenvalue weighted by Gasteiger charge is -2.20. The van der Waals surface area contributed by atoms with E-state index in [2.05, 4.69) is 0 Å². The molecule has 1 amide bonds. The number of hydrogen-bond acceptors (Lipinski definition) is 3. The van der Waals surface area contributed by atoms with Crippen LogP contribution in [0.3, 0.4) is 0 Å². The standard InChI is InChI=1S/C17H14FNO3/c18-14-5-1-4-13(10-14)11-19(12-15-6-2-8-21-15)17(20)16-7-3-9-22-16/h1-10H,11-12H2. The van der Waals surface area contributed by atoms with Gasteiger partial charge >= 0.3 is 0 Å². The van der Waals surface area contributed by atoms with E-state index >= 15 is 0 Å². The minimum Gasteiger partial charge on any atom is -0.467 e. The van der Waals surface area contributed by atoms with Crippen LogP contribution in [0.25, 0.3) is 0 Å². The van der Waals surface area contributed by atoms with Crippen LogP contribution < -0.4 is 0 Å². The fraction of sp³-hybridized carbons (Fsp3) is 0.118. The van der Waals surface area contributed by atoms with Crippen molar-refractivity contribution in [2.75, 3.05) is 0 Å². The minimum absolute atomic E-state index is 0.239. The first-order valence-corrected chi connectivity index (χ1v) is 6.82. The molecule has 0 radical (unpaired) electrons. The summed E-state index contributed by atoms with van der Waals surface area (Å²) < 4.78 is 23.8. The lowest BCUT2D eigenvalue weighted by molar-refractivity contribution is 0.0685. The highest BCUT2D eigenvalue weighted by Crippen LogP contribution is 2.15. The van der Waals surface area contributed by atoms with Crippen molar-refractivity contribution in [2.45, 2.75) is 13.1 Å². The van der Waals surface area contributed by atoms with Gasteiger partial charge in [-0.25, -0.2) is 4.39 Å². The number of benzene rings is 1. The molecule has 2 aromatic heterocycles. The van der Waals surface area contributed by atoms with Gasteiger partial charge in [0.2, 0.25) is 0 Å². The van der Waals surface area contributed by atoms with Crippen molar-refractivity contribution >= 4 is 5.91 Å². The number of nitrogens with zero attached hydrogens (tertiary/aromatic N) is 1. The summed E-state index contributed by atoms with van der Waals surface area (Å²) in [7, 11) is 0. The van der Waals surface area contributed by atoms with Gasteiger partial charge in [0.15, 0.2) is 5.76 Å². The molecule has 4 nitrogen and oxygen atoms in total. The van der Waals surface area contributed by atoms with Crippen LogP contribution in [0.4, 0.5) is 4.39 Å². The molecule has 0 unspecified atom stereocenters. The Morgan fingerprint density at radius 2 is 1.82 bits per heavy atom. The summed E-state index contributed by atoms with van der Waals surface area (Å²) in [6, 6.07) is 13.0. The minimum atomic E-state index is -0.333. The fourth-order valence-electron chi connectivity index (χ4n) is 2.20. The van der Waals surface area contributed by atoms with E-state index in [1.807, 2.05) is 0 Å². The molecule has 2 heterocycles. The second kappa shape index (κ2) is 6.30. The Labute approximate surface area is 126 Å². The number of furan rings is 2. The largest absolute Gasteiger partial charge is 0.467 e. The van der Waals surface area contributed by atoms with Gasteiger partial charge in [0.25, 0.3) is 5.91 Å². The van der Waals surface area contributed by atoms with Gasteiger partial charge < -0.3 is 13.7 Å². The SMILES string of the molecule is O=C(c1ccco1)N(Cc1cccc(F)c1)Cc1ccco1. The van der Waals surface area contributed by atoms with E-state index in [-0.39, 0.29) is 30.6 Å². The van der Waals surface area contributed by atoms with Gasteiger partial charge in [0.1, 0.15) is 11.6 Å². The Hall–Kier alpha value is -2.82. The Kier molecular flexibility index (Phi) is 4.05. The molecule has 0 spiro atoms. The molecule has 22 heavy (non-hydrogen) atoms. The zero-order valence-electron chi connectivity index (χ0n) is 11.7. The molecule has 112 valence electrons. The summed E-state index contributed by atoms with van der Waals surface area (Å²) in [4.78, 5) is 14.1. The summed E-state index contributed by atoms with van der Waals surface area (Å²) in [5.74, 6) is 0.283. The van der Waals surface area contributed by atoms with Crippen LogP contribution in [0, 0.1) is 5.82 Å². The van der Waals surface area contributed by atoms with E-state index < -0.39 is 0 Å². The molecule has 3 aromatic rings. The predicted octanol–water partition coefficient (Wildman–Crippen LogP) is 3.85. The van der Waals surface area contributed by atoms with Crippen molar-refractivity contribution < 1.29 is 18.0 Å². The first-order valence-electron chi connectivity index (χ1n) is 6.82. The van der Waals surface area contributed by atoms with Crippen molar-refractivity contribution in [3.8, 4) is 0 Å². The topological polar surface area (TPSA) is 46.6 Å². The van der Waals surface area contributed by atoms with Crippen molar-refractivity contribution in [3.63, 3.8) is 0 Å². The van der Waals surface area contributed by atoms with Gasteiger partial charge in [-0.3, -0.25) is 4.79 Å². The highest BCUT2D eigenvalue weighted by molar-refractivity contribution is 5.91. The van der Waals surface area contributed by atoms with Crippen LogP contribution >= 0.6 is 0 Å². The number of amides is 1. The van der Waals surface area contributed by atoms with E-state index in [1.54, 1.807) is 47.6 Å². The molecule has 0 atom stereocenters. The summed E-state index contributed by atoms with van der Waals surface area (Å²) in [5, 5.41) is 0. The zero-order valence-corrected chi connectivity index (χ0v) is 11.7. The van der Waals surface area contributed by atoms with Crippen molar-refractivity contribution in [2.24, 2.45) is 0 Å². The molecule has 0 bridgehead atoms. The van der Waals surface area contributed by atoms with Gasteiger partial charge in [-0.15, -0.1) is 0 Å². The van der Waals surface area contributed by atoms with Crippen LogP contribution in [0.5, 0.6) is 0 Å². The third kappa shape index (κ3) is 3.25. The summed E-state index contributed by atoms with van der Waals surface area (Å²) in [5.41, 5.74) is 0.700. The summed E-state index contributed by atoms with van der Waals surface area (Å²) in [6.45, 7) is 0.543. The molecule has 0 N–H and O–H groups in total. The van der Waals surface area contributed by atoms with E-state index in [4.69, 9.17) is 8.83 Å². The second-order valence-corrected chi connectivity index (χ2v) is 4.85. The average Bonchev–Trinajstić information content (AvgIpc) is 3.19.